The van der Waals surface area contributed by atoms with Crippen molar-refractivity contribution in [2.75, 3.05) is 23.8 Å². The second-order valence-electron chi connectivity index (χ2n) is 10.5. The van der Waals surface area contributed by atoms with Crippen molar-refractivity contribution in [3.63, 3.8) is 0 Å². The van der Waals surface area contributed by atoms with Crippen LogP contribution in [0.2, 0.25) is 0 Å². The number of aromatic nitrogens is 3. The molecule has 5 rings (SSSR count). The van der Waals surface area contributed by atoms with Gasteiger partial charge in [0.15, 0.2) is 5.58 Å². The minimum atomic E-state index is -4.48. The van der Waals surface area contributed by atoms with E-state index in [1.54, 1.807) is 26.0 Å². The molecule has 2 fully saturated rings. The molecule has 3 aromatic rings. The number of furan rings is 1. The first-order valence-electron chi connectivity index (χ1n) is 12.4. The summed E-state index contributed by atoms with van der Waals surface area (Å²) in [6.07, 6.45) is -6.57. The molecule has 1 unspecified atom stereocenters. The van der Waals surface area contributed by atoms with Crippen LogP contribution in [0.15, 0.2) is 16.5 Å². The summed E-state index contributed by atoms with van der Waals surface area (Å²) < 4.78 is 50.4. The number of anilines is 2. The first kappa shape index (κ1) is 26.4. The van der Waals surface area contributed by atoms with Gasteiger partial charge >= 0.3 is 6.18 Å². The van der Waals surface area contributed by atoms with Crippen molar-refractivity contribution in [1.29, 1.82) is 0 Å². The summed E-state index contributed by atoms with van der Waals surface area (Å²) in [5.74, 6) is 0.432. The predicted molar refractivity (Wildman–Crippen MR) is 132 cm³/mol. The Morgan fingerprint density at radius 1 is 1.13 bits per heavy atom. The number of aliphatic hydroxyl groups is 3. The lowest BCUT2D eigenvalue weighted by Gasteiger charge is -2.25. The fourth-order valence-corrected chi connectivity index (χ4v) is 5.05. The summed E-state index contributed by atoms with van der Waals surface area (Å²) in [6.45, 7) is 6.58. The monoisotopic (exact) mass is 537 g/mol. The summed E-state index contributed by atoms with van der Waals surface area (Å²) in [6, 6.07) is 2.78. The van der Waals surface area contributed by atoms with Gasteiger partial charge in [-0.25, -0.2) is 9.97 Å². The van der Waals surface area contributed by atoms with Gasteiger partial charge in [-0.3, -0.25) is 0 Å². The molecule has 5 atom stereocenters. The molecule has 2 aliphatic rings. The van der Waals surface area contributed by atoms with Crippen LogP contribution in [0.1, 0.15) is 31.7 Å². The third-order valence-electron chi connectivity index (χ3n) is 7.02. The lowest BCUT2D eigenvalue weighted by Crippen LogP contribution is -2.42. The molecule has 10 nitrogen and oxygen atoms in total. The van der Waals surface area contributed by atoms with E-state index in [-0.39, 0.29) is 18.2 Å². The second kappa shape index (κ2) is 9.24. The summed E-state index contributed by atoms with van der Waals surface area (Å²) in [5, 5.41) is 37.0. The first-order valence-corrected chi connectivity index (χ1v) is 12.4. The van der Waals surface area contributed by atoms with Crippen LogP contribution in [-0.2, 0) is 0 Å². The van der Waals surface area contributed by atoms with Crippen molar-refractivity contribution in [3.05, 3.63) is 23.5 Å². The SMILES string of the molecule is Cc1nc(NCC(F)(F)F)nc(N[C@@H]2C[C@@H]3C(O)[C@]3(O)[C@H]2O)c1-c1cc2cc(OCC(C)C)nc(C)c2o1. The van der Waals surface area contributed by atoms with Crippen LogP contribution in [0.3, 0.4) is 0 Å². The van der Waals surface area contributed by atoms with Crippen LogP contribution >= 0.6 is 0 Å². The van der Waals surface area contributed by atoms with Gasteiger partial charge in [-0.1, -0.05) is 13.8 Å². The average molecular weight is 538 g/mol. The van der Waals surface area contributed by atoms with Crippen LogP contribution in [0, 0.1) is 25.7 Å². The zero-order valence-electron chi connectivity index (χ0n) is 21.3. The van der Waals surface area contributed by atoms with E-state index >= 15 is 0 Å². The Labute approximate surface area is 216 Å². The molecular weight excluding hydrogens is 507 g/mol. The molecular formula is C25H30F3N5O5. The van der Waals surface area contributed by atoms with Crippen LogP contribution in [0.4, 0.5) is 24.9 Å². The number of halogens is 3. The molecule has 0 saturated heterocycles. The van der Waals surface area contributed by atoms with Gasteiger partial charge in [-0.15, -0.1) is 0 Å². The minimum Gasteiger partial charge on any atom is -0.477 e. The summed E-state index contributed by atoms with van der Waals surface area (Å²) in [4.78, 5) is 12.9. The third kappa shape index (κ3) is 4.74. The number of fused-ring (bicyclic) bond motifs is 2. The maximum atomic E-state index is 12.8. The van der Waals surface area contributed by atoms with Gasteiger partial charge < -0.3 is 35.1 Å². The van der Waals surface area contributed by atoms with Crippen molar-refractivity contribution in [3.8, 4) is 17.2 Å². The predicted octanol–water partition coefficient (Wildman–Crippen LogP) is 3.18. The van der Waals surface area contributed by atoms with Gasteiger partial charge in [-0.05, 0) is 32.3 Å². The zero-order chi connectivity index (χ0) is 27.6. The summed E-state index contributed by atoms with van der Waals surface area (Å²) >= 11 is 0. The van der Waals surface area contributed by atoms with Crippen molar-refractivity contribution < 1.29 is 37.6 Å². The molecule has 0 aliphatic heterocycles. The Hall–Kier alpha value is -3.16. The molecule has 3 heterocycles. The smallest absolute Gasteiger partial charge is 0.405 e. The van der Waals surface area contributed by atoms with E-state index in [0.717, 1.165) is 0 Å². The standard InChI is InChI=1S/C25H30F3N5O5/c1-10(2)8-37-17-6-13-5-16(38-19(13)12(4)30-17)18-11(3)31-23(29-9-24(26,27)28)33-22(18)32-15-7-14-20(34)25(14,36)21(15)35/h5-6,10,14-15,20-21,34-36H,7-9H2,1-4H3,(H2,29,31,32,33)/t14-,15-,20?,21+,25+/m1/s1. The fraction of sp³-hybridized carbons (Fsp3) is 0.560. The third-order valence-corrected chi connectivity index (χ3v) is 7.02. The van der Waals surface area contributed by atoms with E-state index in [9.17, 15) is 28.5 Å². The number of rotatable bonds is 8. The van der Waals surface area contributed by atoms with Gasteiger partial charge in [0.2, 0.25) is 11.8 Å². The second-order valence-corrected chi connectivity index (χ2v) is 10.5. The Kier molecular flexibility index (Phi) is 6.43. The van der Waals surface area contributed by atoms with E-state index < -0.39 is 42.5 Å². The van der Waals surface area contributed by atoms with E-state index in [2.05, 4.69) is 25.6 Å². The zero-order valence-corrected chi connectivity index (χ0v) is 21.3. The normalized spacial score (nSPS) is 26.6. The highest BCUT2D eigenvalue weighted by Gasteiger charge is 2.74. The van der Waals surface area contributed by atoms with Crippen LogP contribution in [0.25, 0.3) is 22.3 Å². The van der Waals surface area contributed by atoms with E-state index in [4.69, 9.17) is 9.15 Å². The molecule has 206 valence electrons. The summed E-state index contributed by atoms with van der Waals surface area (Å²) in [7, 11) is 0. The number of aryl methyl sites for hydroxylation is 2. The highest BCUT2D eigenvalue weighted by atomic mass is 19.4. The lowest BCUT2D eigenvalue weighted by atomic mass is 10.1. The largest absolute Gasteiger partial charge is 0.477 e. The first-order chi connectivity index (χ1) is 17.8. The number of nitrogens with one attached hydrogen (secondary N) is 2. The molecule has 5 N–H and O–H groups in total. The molecule has 0 amide bonds. The quantitative estimate of drug-likeness (QED) is 0.290. The number of ether oxygens (including phenoxy) is 1. The van der Waals surface area contributed by atoms with E-state index in [1.807, 2.05) is 13.8 Å². The highest BCUT2D eigenvalue weighted by molar-refractivity contribution is 5.88. The molecule has 0 aromatic carbocycles. The number of nitrogens with zero attached hydrogens (tertiary/aromatic N) is 3. The van der Waals surface area contributed by atoms with Gasteiger partial charge in [0.05, 0.1) is 35.7 Å². The molecule has 3 aromatic heterocycles. The van der Waals surface area contributed by atoms with Gasteiger partial charge in [0, 0.05) is 17.4 Å². The van der Waals surface area contributed by atoms with Crippen molar-refractivity contribution in [2.24, 2.45) is 11.8 Å². The molecule has 38 heavy (non-hydrogen) atoms. The Bertz CT molecular complexity index is 1360. The van der Waals surface area contributed by atoms with Crippen LogP contribution in [-0.4, -0.2) is 73.5 Å². The molecule has 0 spiro atoms. The van der Waals surface area contributed by atoms with Crippen LogP contribution < -0.4 is 15.4 Å². The van der Waals surface area contributed by atoms with Gasteiger partial charge in [-0.2, -0.15) is 18.2 Å². The van der Waals surface area contributed by atoms with Crippen molar-refractivity contribution in [1.82, 2.24) is 15.0 Å². The fourth-order valence-electron chi connectivity index (χ4n) is 5.05. The topological polar surface area (TPSA) is 146 Å². The Balaban J connectivity index is 1.52. The molecule has 2 saturated carbocycles. The average Bonchev–Trinajstić information content (AvgIpc) is 3.11. The molecule has 0 bridgehead atoms. The highest BCUT2D eigenvalue weighted by Crippen LogP contribution is 2.56. The van der Waals surface area contributed by atoms with Gasteiger partial charge in [0.1, 0.15) is 29.8 Å². The Morgan fingerprint density at radius 3 is 2.50 bits per heavy atom. The maximum Gasteiger partial charge on any atom is 0.405 e. The number of aliphatic hydroxyl groups excluding tert-OH is 2. The van der Waals surface area contributed by atoms with Crippen molar-refractivity contribution >= 4 is 22.7 Å². The van der Waals surface area contributed by atoms with Crippen molar-refractivity contribution in [2.45, 2.75) is 64.1 Å². The van der Waals surface area contributed by atoms with Gasteiger partial charge in [0.25, 0.3) is 0 Å². The molecule has 2 aliphatic carbocycles. The lowest BCUT2D eigenvalue weighted by molar-refractivity contribution is -0.115. The van der Waals surface area contributed by atoms with E-state index in [1.165, 1.54) is 0 Å². The summed E-state index contributed by atoms with van der Waals surface area (Å²) in [5.41, 5.74) is 0.173. The Morgan fingerprint density at radius 2 is 1.87 bits per heavy atom. The molecule has 13 heteroatoms. The maximum absolute atomic E-state index is 12.8. The molecule has 0 radical (unpaired) electrons. The number of hydrogen-bond donors (Lipinski definition) is 5. The number of hydrogen-bond acceptors (Lipinski definition) is 10. The number of alkyl halides is 3. The van der Waals surface area contributed by atoms with Crippen LogP contribution in [0.5, 0.6) is 5.88 Å². The number of pyridine rings is 1. The minimum absolute atomic E-state index is 0.117. The van der Waals surface area contributed by atoms with E-state index in [0.29, 0.717) is 52.1 Å².